The maximum absolute atomic E-state index is 11.8. The number of nitrogens with zero attached hydrogens (tertiary/aromatic N) is 4. The Labute approximate surface area is 233 Å². The Morgan fingerprint density at radius 2 is 0.775 bits per heavy atom. The average molecular weight is 537 g/mol. The van der Waals surface area contributed by atoms with Crippen LogP contribution in [0.15, 0.2) is 112 Å². The number of carboxylic acids is 2. The second kappa shape index (κ2) is 10.3. The van der Waals surface area contributed by atoms with E-state index in [1.54, 1.807) is 0 Å². The molecule has 204 valence electrons. The molecule has 40 heavy (non-hydrogen) atoms. The van der Waals surface area contributed by atoms with E-state index >= 15 is 0 Å². The van der Waals surface area contributed by atoms with Crippen molar-refractivity contribution >= 4 is 34.8 Å². The lowest BCUT2D eigenvalue weighted by molar-refractivity contribution is -0.137. The van der Waals surface area contributed by atoms with Gasteiger partial charge in [0, 0.05) is 0 Å². The molecule has 8 nitrogen and oxygen atoms in total. The van der Waals surface area contributed by atoms with E-state index in [0.29, 0.717) is 34.0 Å². The average Bonchev–Trinajstić information content (AvgIpc) is 3.54. The summed E-state index contributed by atoms with van der Waals surface area (Å²) in [5, 5.41) is 19.3. The SMILES string of the molecule is CCC1=C(C)C2=NC1=CC1=NC(=CC3=NC(=CC4=NC(=C2)C(CC(=O)O)=C4C)C(CC)=C3C)C(CC(=O)O)=C1C. The Morgan fingerprint density at radius 1 is 0.525 bits per heavy atom. The quantitative estimate of drug-likeness (QED) is 0.408. The van der Waals surface area contributed by atoms with Crippen molar-refractivity contribution < 1.29 is 19.8 Å². The van der Waals surface area contributed by atoms with Gasteiger partial charge in [-0.1, -0.05) is 13.8 Å². The molecule has 0 radical (unpaired) electrons. The zero-order valence-corrected chi connectivity index (χ0v) is 23.6. The van der Waals surface area contributed by atoms with E-state index in [2.05, 4.69) is 13.8 Å². The van der Waals surface area contributed by atoms with Gasteiger partial charge in [0.25, 0.3) is 0 Å². The zero-order valence-electron chi connectivity index (χ0n) is 23.6. The highest BCUT2D eigenvalue weighted by molar-refractivity contribution is 6.20. The van der Waals surface area contributed by atoms with Crippen LogP contribution < -0.4 is 0 Å². The van der Waals surface area contributed by atoms with Crippen LogP contribution in [-0.4, -0.2) is 45.0 Å². The van der Waals surface area contributed by atoms with Gasteiger partial charge in [-0.15, -0.1) is 0 Å². The Kier molecular flexibility index (Phi) is 6.96. The summed E-state index contributed by atoms with van der Waals surface area (Å²) in [7, 11) is 0. The van der Waals surface area contributed by atoms with E-state index in [4.69, 9.17) is 20.0 Å². The predicted molar refractivity (Wildman–Crippen MR) is 158 cm³/mol. The number of hydrogen-bond donors (Lipinski definition) is 2. The molecule has 0 aliphatic carbocycles. The van der Waals surface area contributed by atoms with E-state index in [1.807, 2.05) is 52.0 Å². The largest absolute Gasteiger partial charge is 0.481 e. The van der Waals surface area contributed by atoms with Crippen LogP contribution in [0, 0.1) is 0 Å². The molecule has 0 unspecified atom stereocenters. The lowest BCUT2D eigenvalue weighted by Crippen LogP contribution is -2.02. The fourth-order valence-electron chi connectivity index (χ4n) is 5.71. The molecule has 0 saturated carbocycles. The van der Waals surface area contributed by atoms with Crippen molar-refractivity contribution in [2.75, 3.05) is 0 Å². The molecular weight excluding hydrogens is 504 g/mol. The van der Waals surface area contributed by atoms with Crippen LogP contribution in [0.2, 0.25) is 0 Å². The summed E-state index contributed by atoms with van der Waals surface area (Å²) in [6.45, 7) is 11.9. The van der Waals surface area contributed by atoms with E-state index in [1.165, 1.54) is 0 Å². The summed E-state index contributed by atoms with van der Waals surface area (Å²) in [5.74, 6) is -1.84. The summed E-state index contributed by atoms with van der Waals surface area (Å²) >= 11 is 0. The van der Waals surface area contributed by atoms with Crippen LogP contribution in [0.25, 0.3) is 0 Å². The van der Waals surface area contributed by atoms with Gasteiger partial charge in [0.1, 0.15) is 0 Å². The number of allylic oxidation sites excluding steroid dienone is 12. The number of aliphatic carboxylic acids is 2. The molecule has 0 amide bonds. The smallest absolute Gasteiger partial charge is 0.307 e. The van der Waals surface area contributed by atoms with Crippen LogP contribution in [-0.2, 0) is 9.59 Å². The third-order valence-corrected chi connectivity index (χ3v) is 8.00. The van der Waals surface area contributed by atoms with Gasteiger partial charge >= 0.3 is 11.9 Å². The van der Waals surface area contributed by atoms with Gasteiger partial charge in [0.05, 0.1) is 58.5 Å². The van der Waals surface area contributed by atoms with E-state index in [-0.39, 0.29) is 12.8 Å². The molecule has 5 aliphatic heterocycles. The normalized spacial score (nSPS) is 20.4. The second-order valence-corrected chi connectivity index (χ2v) is 10.4. The van der Waals surface area contributed by atoms with Gasteiger partial charge in [-0.2, -0.15) is 0 Å². The van der Waals surface area contributed by atoms with E-state index in [0.717, 1.165) is 69.1 Å². The summed E-state index contributed by atoms with van der Waals surface area (Å²) in [6, 6.07) is 0. The van der Waals surface area contributed by atoms with Gasteiger partial charge in [-0.3, -0.25) is 9.59 Å². The molecule has 0 aromatic rings. The van der Waals surface area contributed by atoms with Crippen molar-refractivity contribution in [3.8, 4) is 0 Å². The maximum atomic E-state index is 11.8. The fraction of sp³-hybridized carbons (Fsp3) is 0.312. The van der Waals surface area contributed by atoms with Crippen LogP contribution in [0.5, 0.6) is 0 Å². The Bertz CT molecular complexity index is 1550. The standard InChI is InChI=1S/C32H32N4O4/c1-7-19-15(3)23-13-29-22(10-32(39)40)18(6)26(36-29)12-28-20(8-2)16(4)24(34-28)14-30-21(9-31(37)38)17(5)25(35-30)11-27(19)33-23/h11-14H,7-10H2,1-6H3,(H,37,38)(H,39,40). The highest BCUT2D eigenvalue weighted by atomic mass is 16.4. The molecule has 0 aromatic heterocycles. The molecule has 5 rings (SSSR count). The van der Waals surface area contributed by atoms with E-state index < -0.39 is 11.9 Å². The molecule has 8 bridgehead atoms. The highest BCUT2D eigenvalue weighted by Crippen LogP contribution is 2.37. The predicted octanol–water partition coefficient (Wildman–Crippen LogP) is 6.39. The molecule has 0 atom stereocenters. The first-order valence-corrected chi connectivity index (χ1v) is 13.5. The minimum Gasteiger partial charge on any atom is -0.481 e. The number of carbonyl (C=O) groups is 2. The van der Waals surface area contributed by atoms with Crippen molar-refractivity contribution in [3.05, 3.63) is 91.7 Å². The third-order valence-electron chi connectivity index (χ3n) is 8.00. The summed E-state index contributed by atoms with van der Waals surface area (Å²) in [6.07, 6.45) is 8.78. The molecule has 5 aliphatic rings. The second-order valence-electron chi connectivity index (χ2n) is 10.4. The summed E-state index contributed by atoms with van der Waals surface area (Å²) < 4.78 is 0. The first-order chi connectivity index (χ1) is 19.0. The van der Waals surface area contributed by atoms with Crippen LogP contribution in [0.4, 0.5) is 0 Å². The number of rotatable bonds is 6. The molecule has 0 saturated heterocycles. The molecule has 8 heteroatoms. The van der Waals surface area contributed by atoms with Gasteiger partial charge in [-0.25, -0.2) is 20.0 Å². The van der Waals surface area contributed by atoms with Gasteiger partial charge in [-0.05, 0) is 109 Å². The topological polar surface area (TPSA) is 124 Å². The zero-order chi connectivity index (χ0) is 28.9. The number of carboxylic acid groups (broad SMARTS) is 2. The van der Waals surface area contributed by atoms with Crippen molar-refractivity contribution in [2.45, 2.75) is 67.2 Å². The highest BCUT2D eigenvalue weighted by Gasteiger charge is 2.29. The third kappa shape index (κ3) is 4.63. The summed E-state index contributed by atoms with van der Waals surface area (Å²) in [4.78, 5) is 43.2. The molecule has 5 heterocycles. The molecule has 0 spiro atoms. The van der Waals surface area contributed by atoms with Crippen molar-refractivity contribution in [2.24, 2.45) is 20.0 Å². The van der Waals surface area contributed by atoms with Crippen LogP contribution in [0.1, 0.15) is 67.2 Å². The van der Waals surface area contributed by atoms with E-state index in [9.17, 15) is 19.8 Å². The van der Waals surface area contributed by atoms with Gasteiger partial charge in [0.2, 0.25) is 0 Å². The Morgan fingerprint density at radius 3 is 1.02 bits per heavy atom. The Balaban J connectivity index is 1.81. The minimum atomic E-state index is -0.919. The summed E-state index contributed by atoms with van der Waals surface area (Å²) in [5.41, 5.74) is 12.6. The first kappa shape index (κ1) is 27.1. The van der Waals surface area contributed by atoms with Crippen molar-refractivity contribution in [3.63, 3.8) is 0 Å². The molecule has 0 fully saturated rings. The molecule has 0 aromatic carbocycles. The molecule has 2 N–H and O–H groups in total. The number of aliphatic imine (C=N–C) groups is 4. The minimum absolute atomic E-state index is 0.142. The van der Waals surface area contributed by atoms with Gasteiger partial charge < -0.3 is 10.2 Å². The van der Waals surface area contributed by atoms with Crippen molar-refractivity contribution in [1.29, 1.82) is 0 Å². The fourth-order valence-corrected chi connectivity index (χ4v) is 5.71. The van der Waals surface area contributed by atoms with Crippen molar-refractivity contribution in [1.82, 2.24) is 0 Å². The number of fused-ring (bicyclic) bond motifs is 4. The lowest BCUT2D eigenvalue weighted by Gasteiger charge is -2.05. The molecular formula is C32H32N4O4. The first-order valence-electron chi connectivity index (χ1n) is 13.5. The Hall–Kier alpha value is -4.46. The number of hydrogen-bond acceptors (Lipinski definition) is 6. The monoisotopic (exact) mass is 536 g/mol. The lowest BCUT2D eigenvalue weighted by atomic mass is 9.97. The van der Waals surface area contributed by atoms with Crippen LogP contribution >= 0.6 is 0 Å². The maximum Gasteiger partial charge on any atom is 0.307 e. The van der Waals surface area contributed by atoms with Gasteiger partial charge in [0.15, 0.2) is 0 Å². The van der Waals surface area contributed by atoms with Crippen LogP contribution in [0.3, 0.4) is 0 Å².